The Bertz CT molecular complexity index is 1270. The van der Waals surface area contributed by atoms with Crippen molar-refractivity contribution in [3.63, 3.8) is 0 Å². The van der Waals surface area contributed by atoms with Crippen LogP contribution in [0.2, 0.25) is 0 Å². The van der Waals surface area contributed by atoms with E-state index < -0.39 is 17.8 Å². The van der Waals surface area contributed by atoms with E-state index in [1.165, 1.54) is 12.4 Å². The normalized spacial score (nSPS) is 11.5. The molecule has 0 fully saturated rings. The summed E-state index contributed by atoms with van der Waals surface area (Å²) in [6, 6.07) is 9.17. The van der Waals surface area contributed by atoms with Crippen molar-refractivity contribution >= 4 is 50.3 Å². The monoisotopic (exact) mass is 491 g/mol. The number of halogens is 4. The molecule has 0 saturated heterocycles. The van der Waals surface area contributed by atoms with Crippen molar-refractivity contribution in [2.45, 2.75) is 6.18 Å². The van der Waals surface area contributed by atoms with Gasteiger partial charge in [-0.15, -0.1) is 0 Å². The van der Waals surface area contributed by atoms with E-state index in [0.29, 0.717) is 22.5 Å². The molecule has 2 heterocycles. The average molecular weight is 492 g/mol. The summed E-state index contributed by atoms with van der Waals surface area (Å²) in [6.07, 6.45) is -1.64. The van der Waals surface area contributed by atoms with Gasteiger partial charge in [-0.25, -0.2) is 19.7 Å². The largest absolute Gasteiger partial charge is 0.416 e. The van der Waals surface area contributed by atoms with Crippen LogP contribution in [-0.4, -0.2) is 25.6 Å². The number of fused-ring (bicyclic) bond motifs is 1. The number of hydrogen-bond acceptors (Lipinski definition) is 5. The van der Waals surface area contributed by atoms with Crippen LogP contribution in [-0.2, 0) is 6.18 Å². The summed E-state index contributed by atoms with van der Waals surface area (Å²) < 4.78 is 40.7. The summed E-state index contributed by atoms with van der Waals surface area (Å²) >= 11 is 3.01. The summed E-state index contributed by atoms with van der Waals surface area (Å²) in [5, 5.41) is 4.96. The molecule has 0 aliphatic heterocycles. The molecule has 0 unspecified atom stereocenters. The second-order valence-corrected chi connectivity index (χ2v) is 7.31. The highest BCUT2D eigenvalue weighted by Gasteiger charge is 2.31. The van der Waals surface area contributed by atoms with Gasteiger partial charge in [-0.3, -0.25) is 4.57 Å². The molecular formula is C19H13BrF3N7O. The van der Waals surface area contributed by atoms with Gasteiger partial charge >= 0.3 is 12.2 Å². The number of nitrogen functional groups attached to an aromatic ring is 1. The number of imidazole rings is 1. The fraction of sp³-hybridized carbons (Fsp3) is 0.0526. The Morgan fingerprint density at radius 1 is 1.00 bits per heavy atom. The topological polar surface area (TPSA) is 111 Å². The number of amides is 2. The maximum Gasteiger partial charge on any atom is 0.416 e. The van der Waals surface area contributed by atoms with Crippen LogP contribution in [0.25, 0.3) is 16.9 Å². The molecule has 0 spiro atoms. The Hall–Kier alpha value is -3.67. The highest BCUT2D eigenvalue weighted by atomic mass is 79.9. The Kier molecular flexibility index (Phi) is 5.23. The molecule has 2 aromatic carbocycles. The Balaban J connectivity index is 1.49. The quantitative estimate of drug-likeness (QED) is 0.380. The van der Waals surface area contributed by atoms with Crippen molar-refractivity contribution in [2.24, 2.45) is 0 Å². The van der Waals surface area contributed by atoms with Crippen molar-refractivity contribution in [3.8, 4) is 5.69 Å². The van der Waals surface area contributed by atoms with E-state index in [9.17, 15) is 18.0 Å². The highest BCUT2D eigenvalue weighted by molar-refractivity contribution is 9.10. The number of carbonyl (C=O) groups excluding carboxylic acids is 1. The van der Waals surface area contributed by atoms with E-state index in [4.69, 9.17) is 5.73 Å². The van der Waals surface area contributed by atoms with Crippen LogP contribution in [0, 0.1) is 0 Å². The van der Waals surface area contributed by atoms with Gasteiger partial charge in [-0.2, -0.15) is 13.2 Å². The van der Waals surface area contributed by atoms with Gasteiger partial charge in [-0.1, -0.05) is 15.9 Å². The standard InChI is InChI=1S/C19H13BrF3N7O/c20-11-5-10(19(21,22)23)6-13(7-11)29-18(31)28-12-1-3-14(4-2-12)30-9-27-15-16(24)25-8-26-17(15)30/h1-9H,(H2,24,25,26)(H2,28,29,31). The molecule has 4 aromatic rings. The Morgan fingerprint density at radius 3 is 2.42 bits per heavy atom. The highest BCUT2D eigenvalue weighted by Crippen LogP contribution is 2.33. The van der Waals surface area contributed by atoms with Crippen LogP contribution in [0.3, 0.4) is 0 Å². The van der Waals surface area contributed by atoms with Gasteiger partial charge in [0.1, 0.15) is 12.7 Å². The Morgan fingerprint density at radius 2 is 1.71 bits per heavy atom. The molecule has 158 valence electrons. The summed E-state index contributed by atoms with van der Waals surface area (Å²) in [5.41, 5.74) is 7.06. The van der Waals surface area contributed by atoms with Gasteiger partial charge in [0.05, 0.1) is 5.56 Å². The summed E-state index contributed by atoms with van der Waals surface area (Å²) in [6.45, 7) is 0. The lowest BCUT2D eigenvalue weighted by Gasteiger charge is -2.12. The van der Waals surface area contributed by atoms with Crippen LogP contribution in [0.4, 0.5) is 35.2 Å². The number of aromatic nitrogens is 4. The summed E-state index contributed by atoms with van der Waals surface area (Å²) in [7, 11) is 0. The van der Waals surface area contributed by atoms with E-state index in [-0.39, 0.29) is 16.0 Å². The van der Waals surface area contributed by atoms with Gasteiger partial charge in [0, 0.05) is 21.5 Å². The number of nitrogens with two attached hydrogens (primary N) is 1. The number of alkyl halides is 3. The number of rotatable bonds is 3. The number of anilines is 3. The van der Waals surface area contributed by atoms with E-state index in [0.717, 1.165) is 12.1 Å². The number of urea groups is 1. The maximum atomic E-state index is 12.9. The third-order valence-corrected chi connectivity index (χ3v) is 4.71. The smallest absolute Gasteiger partial charge is 0.382 e. The van der Waals surface area contributed by atoms with E-state index in [2.05, 4.69) is 41.5 Å². The zero-order chi connectivity index (χ0) is 22.2. The van der Waals surface area contributed by atoms with Crippen molar-refractivity contribution in [2.75, 3.05) is 16.4 Å². The molecule has 31 heavy (non-hydrogen) atoms. The fourth-order valence-electron chi connectivity index (χ4n) is 2.87. The zero-order valence-electron chi connectivity index (χ0n) is 15.5. The average Bonchev–Trinajstić information content (AvgIpc) is 3.13. The molecule has 4 N–H and O–H groups in total. The van der Waals surface area contributed by atoms with Gasteiger partial charge in [0.15, 0.2) is 17.0 Å². The molecule has 2 amide bonds. The minimum atomic E-state index is -4.53. The molecule has 0 aliphatic carbocycles. The van der Waals surface area contributed by atoms with Crippen molar-refractivity contribution < 1.29 is 18.0 Å². The molecule has 4 rings (SSSR count). The van der Waals surface area contributed by atoms with Gasteiger partial charge < -0.3 is 16.4 Å². The lowest BCUT2D eigenvalue weighted by atomic mass is 10.2. The second-order valence-electron chi connectivity index (χ2n) is 6.40. The van der Waals surface area contributed by atoms with Crippen LogP contribution >= 0.6 is 15.9 Å². The van der Waals surface area contributed by atoms with E-state index in [1.54, 1.807) is 35.2 Å². The fourth-order valence-corrected chi connectivity index (χ4v) is 3.36. The van der Waals surface area contributed by atoms with Crippen molar-refractivity contribution in [1.82, 2.24) is 19.5 Å². The number of nitrogens with one attached hydrogen (secondary N) is 2. The molecular weight excluding hydrogens is 479 g/mol. The van der Waals surface area contributed by atoms with Crippen LogP contribution in [0.5, 0.6) is 0 Å². The molecule has 0 atom stereocenters. The second kappa shape index (κ2) is 7.87. The first-order chi connectivity index (χ1) is 14.7. The number of nitrogens with zero attached hydrogens (tertiary/aromatic N) is 4. The Labute approximate surface area is 181 Å². The van der Waals surface area contributed by atoms with Gasteiger partial charge in [-0.05, 0) is 42.5 Å². The SMILES string of the molecule is Nc1ncnc2c1ncn2-c1ccc(NC(=O)Nc2cc(Br)cc(C(F)(F)F)c2)cc1. The molecule has 12 heteroatoms. The first-order valence-corrected chi connectivity index (χ1v) is 9.50. The first kappa shape index (κ1) is 20.6. The zero-order valence-corrected chi connectivity index (χ0v) is 17.1. The lowest BCUT2D eigenvalue weighted by Crippen LogP contribution is -2.20. The number of hydrogen-bond donors (Lipinski definition) is 3. The number of carbonyl (C=O) groups is 1. The van der Waals surface area contributed by atoms with Crippen molar-refractivity contribution in [1.29, 1.82) is 0 Å². The predicted octanol–water partition coefficient (Wildman–Crippen LogP) is 4.82. The lowest BCUT2D eigenvalue weighted by molar-refractivity contribution is -0.137. The summed E-state index contributed by atoms with van der Waals surface area (Å²) in [5.74, 6) is 0.264. The summed E-state index contributed by atoms with van der Waals surface area (Å²) in [4.78, 5) is 24.5. The predicted molar refractivity (Wildman–Crippen MR) is 113 cm³/mol. The third kappa shape index (κ3) is 4.43. The van der Waals surface area contributed by atoms with Crippen LogP contribution in [0.1, 0.15) is 5.56 Å². The minimum Gasteiger partial charge on any atom is -0.382 e. The number of benzene rings is 2. The van der Waals surface area contributed by atoms with Crippen LogP contribution in [0.15, 0.2) is 59.6 Å². The molecule has 0 saturated carbocycles. The third-order valence-electron chi connectivity index (χ3n) is 4.25. The molecule has 0 bridgehead atoms. The van der Waals surface area contributed by atoms with Gasteiger partial charge in [0.2, 0.25) is 0 Å². The molecule has 0 aliphatic rings. The molecule has 8 nitrogen and oxygen atoms in total. The molecule has 2 aromatic heterocycles. The minimum absolute atomic E-state index is 0.00187. The van der Waals surface area contributed by atoms with Crippen LogP contribution < -0.4 is 16.4 Å². The van der Waals surface area contributed by atoms with Gasteiger partial charge in [0.25, 0.3) is 0 Å². The van der Waals surface area contributed by atoms with E-state index >= 15 is 0 Å². The van der Waals surface area contributed by atoms with Crippen molar-refractivity contribution in [3.05, 3.63) is 65.2 Å². The first-order valence-electron chi connectivity index (χ1n) is 8.70. The van der Waals surface area contributed by atoms with E-state index in [1.807, 2.05) is 0 Å². The molecule has 0 radical (unpaired) electrons. The maximum absolute atomic E-state index is 12.9.